The summed E-state index contributed by atoms with van der Waals surface area (Å²) in [6, 6.07) is 19.1. The van der Waals surface area contributed by atoms with Gasteiger partial charge in [-0.3, -0.25) is 14.4 Å². The Morgan fingerprint density at radius 2 is 1.57 bits per heavy atom. The number of fused-ring (bicyclic) bond motifs is 6. The molecule has 2 aliphatic carbocycles. The van der Waals surface area contributed by atoms with Gasteiger partial charge in [0.15, 0.2) is 5.78 Å². The van der Waals surface area contributed by atoms with Gasteiger partial charge >= 0.3 is 19.1 Å². The second kappa shape index (κ2) is 10.1. The second-order valence-corrected chi connectivity index (χ2v) is 11.0. The molecule has 0 aromatic heterocycles. The minimum Gasteiger partial charge on any atom is -0.496 e. The van der Waals surface area contributed by atoms with Gasteiger partial charge in [0.25, 0.3) is 0 Å². The molecule has 6 atom stereocenters. The molecular formula is C31H31BO8. The Morgan fingerprint density at radius 3 is 2.25 bits per heavy atom. The molecule has 0 spiro atoms. The van der Waals surface area contributed by atoms with Gasteiger partial charge in [-0.15, -0.1) is 0 Å². The maximum Gasteiger partial charge on any atom is 0.494 e. The maximum absolute atomic E-state index is 13.3. The monoisotopic (exact) mass is 542 g/mol. The van der Waals surface area contributed by atoms with Crippen molar-refractivity contribution < 1.29 is 37.9 Å². The summed E-state index contributed by atoms with van der Waals surface area (Å²) < 4.78 is 30.7. The van der Waals surface area contributed by atoms with E-state index in [0.717, 1.165) is 27.4 Å². The largest absolute Gasteiger partial charge is 0.496 e. The van der Waals surface area contributed by atoms with E-state index in [1.54, 1.807) is 7.11 Å². The van der Waals surface area contributed by atoms with Crippen molar-refractivity contribution in [3.05, 3.63) is 71.8 Å². The Bertz CT molecular complexity index is 1490. The highest BCUT2D eigenvalue weighted by Gasteiger charge is 2.62. The number of hydrogen-bond acceptors (Lipinski definition) is 8. The highest BCUT2D eigenvalue weighted by molar-refractivity contribution is 6.61. The predicted molar refractivity (Wildman–Crippen MR) is 147 cm³/mol. The lowest BCUT2D eigenvalue weighted by atomic mass is 9.57. The van der Waals surface area contributed by atoms with Crippen molar-refractivity contribution in [1.82, 2.24) is 0 Å². The van der Waals surface area contributed by atoms with Crippen molar-refractivity contribution in [3.63, 3.8) is 0 Å². The lowest BCUT2D eigenvalue weighted by molar-refractivity contribution is -0.201. The van der Waals surface area contributed by atoms with Crippen molar-refractivity contribution in [2.24, 2.45) is 11.8 Å². The molecule has 9 heteroatoms. The highest BCUT2D eigenvalue weighted by Crippen LogP contribution is 2.58. The summed E-state index contributed by atoms with van der Waals surface area (Å²) in [5.41, 5.74) is 1.13. The third-order valence-corrected chi connectivity index (χ3v) is 8.57. The maximum atomic E-state index is 13.3. The van der Waals surface area contributed by atoms with Gasteiger partial charge in [0.2, 0.25) is 0 Å². The normalized spacial score (nSPS) is 28.7. The average molecular weight is 542 g/mol. The predicted octanol–water partition coefficient (Wildman–Crippen LogP) is 4.24. The van der Waals surface area contributed by atoms with Crippen LogP contribution in [0.25, 0.3) is 10.8 Å². The van der Waals surface area contributed by atoms with Gasteiger partial charge in [-0.05, 0) is 42.4 Å². The van der Waals surface area contributed by atoms with Crippen LogP contribution < -0.4 is 10.2 Å². The Labute approximate surface area is 233 Å². The molecule has 1 heterocycles. The molecule has 3 aromatic rings. The lowest BCUT2D eigenvalue weighted by Gasteiger charge is -2.57. The van der Waals surface area contributed by atoms with Crippen LogP contribution in [0.4, 0.5) is 0 Å². The number of hydrogen-bond donors (Lipinski definition) is 0. The summed E-state index contributed by atoms with van der Waals surface area (Å²) in [6.45, 7) is 4.29. The lowest BCUT2D eigenvalue weighted by Crippen LogP contribution is -2.65. The average Bonchev–Trinajstić information content (AvgIpc) is 2.93. The molecule has 0 N–H and O–H groups in total. The fourth-order valence-corrected chi connectivity index (χ4v) is 6.91. The summed E-state index contributed by atoms with van der Waals surface area (Å²) in [4.78, 5) is 38.3. The van der Waals surface area contributed by atoms with Crippen LogP contribution in [-0.2, 0) is 33.2 Å². The van der Waals surface area contributed by atoms with E-state index < -0.39 is 54.8 Å². The Kier molecular flexibility index (Phi) is 6.67. The molecule has 0 amide bonds. The molecule has 1 saturated heterocycles. The zero-order chi connectivity index (χ0) is 28.2. The number of ether oxygens (including phenoxy) is 3. The number of carbonyl (C=O) groups excluding carboxylic acids is 3. The van der Waals surface area contributed by atoms with E-state index in [1.165, 1.54) is 20.8 Å². The van der Waals surface area contributed by atoms with Gasteiger partial charge in [-0.25, -0.2) is 0 Å². The summed E-state index contributed by atoms with van der Waals surface area (Å²) in [5, 5.41) is 1.74. The van der Waals surface area contributed by atoms with Gasteiger partial charge in [0, 0.05) is 48.6 Å². The molecule has 8 nitrogen and oxygen atoms in total. The standard InChI is InChI=1S/C31H31BO8/c1-17(33)31-15-25-28(27(16-31)39-32(40-31)21-10-6-5-7-11-21)30(38-19(3)35)24-14-22-20(9-8-12-26(22)36-4)13-23(24)29(25)37-18(2)34/h5-14,25,27-30H,15-16H2,1-4H3/t25?,27-,28?,29?,30?,31-/m0/s1. The van der Waals surface area contributed by atoms with E-state index in [1.807, 2.05) is 60.7 Å². The molecule has 2 bridgehead atoms. The van der Waals surface area contributed by atoms with Gasteiger partial charge in [0.05, 0.1) is 13.2 Å². The van der Waals surface area contributed by atoms with Crippen LogP contribution in [0, 0.1) is 11.8 Å². The molecule has 1 aliphatic heterocycles. The molecule has 6 rings (SSSR count). The van der Waals surface area contributed by atoms with Gasteiger partial charge in [-0.2, -0.15) is 0 Å². The summed E-state index contributed by atoms with van der Waals surface area (Å²) in [7, 11) is 0.838. The molecule has 3 aromatic carbocycles. The Hall–Kier alpha value is -3.69. The zero-order valence-corrected chi connectivity index (χ0v) is 22.9. The number of methoxy groups -OCH3 is 1. The Balaban J connectivity index is 1.55. The first-order chi connectivity index (χ1) is 19.2. The second-order valence-electron chi connectivity index (χ2n) is 11.0. The van der Waals surface area contributed by atoms with Crippen LogP contribution in [0.2, 0.25) is 0 Å². The molecule has 0 radical (unpaired) electrons. The van der Waals surface area contributed by atoms with E-state index in [-0.39, 0.29) is 5.78 Å². The minimum atomic E-state index is -1.14. The molecule has 40 heavy (non-hydrogen) atoms. The number of ketones is 1. The van der Waals surface area contributed by atoms with Crippen LogP contribution in [0.15, 0.2) is 60.7 Å². The topological polar surface area (TPSA) is 97.4 Å². The first-order valence-electron chi connectivity index (χ1n) is 13.5. The van der Waals surface area contributed by atoms with Crippen LogP contribution in [0.5, 0.6) is 5.75 Å². The minimum absolute atomic E-state index is 0.111. The number of esters is 2. The quantitative estimate of drug-likeness (QED) is 0.349. The smallest absolute Gasteiger partial charge is 0.494 e. The molecule has 206 valence electrons. The van der Waals surface area contributed by atoms with Crippen LogP contribution in [-0.4, -0.2) is 43.7 Å². The fraction of sp³-hybridized carbons (Fsp3) is 0.387. The summed E-state index contributed by atoms with van der Waals surface area (Å²) in [5.74, 6) is -1.10. The van der Waals surface area contributed by atoms with E-state index >= 15 is 0 Å². The molecular weight excluding hydrogens is 511 g/mol. The third kappa shape index (κ3) is 4.37. The van der Waals surface area contributed by atoms with Gasteiger partial charge < -0.3 is 23.5 Å². The first kappa shape index (κ1) is 26.5. The zero-order valence-electron chi connectivity index (χ0n) is 22.9. The Morgan fingerprint density at radius 1 is 0.875 bits per heavy atom. The fourth-order valence-electron chi connectivity index (χ4n) is 6.91. The van der Waals surface area contributed by atoms with Crippen LogP contribution >= 0.6 is 0 Å². The number of carbonyl (C=O) groups is 3. The molecule has 1 saturated carbocycles. The first-order valence-corrected chi connectivity index (χ1v) is 13.5. The molecule has 4 unspecified atom stereocenters. The summed E-state index contributed by atoms with van der Waals surface area (Å²) in [6.07, 6.45) is -1.29. The van der Waals surface area contributed by atoms with E-state index in [9.17, 15) is 14.4 Å². The number of benzene rings is 3. The highest BCUT2D eigenvalue weighted by atomic mass is 16.6. The molecule has 3 aliphatic rings. The van der Waals surface area contributed by atoms with Crippen molar-refractivity contribution in [1.29, 1.82) is 0 Å². The van der Waals surface area contributed by atoms with Crippen molar-refractivity contribution in [2.45, 2.75) is 57.5 Å². The third-order valence-electron chi connectivity index (χ3n) is 8.57. The van der Waals surface area contributed by atoms with Crippen LogP contribution in [0.3, 0.4) is 0 Å². The summed E-state index contributed by atoms with van der Waals surface area (Å²) >= 11 is 0. The molecule has 2 fully saturated rings. The van der Waals surface area contributed by atoms with E-state index in [0.29, 0.717) is 18.6 Å². The van der Waals surface area contributed by atoms with Crippen LogP contribution in [0.1, 0.15) is 56.9 Å². The number of rotatable bonds is 5. The van der Waals surface area contributed by atoms with Crippen molar-refractivity contribution in [2.75, 3.05) is 7.11 Å². The SMILES string of the molecule is COc1cccc2cc3c(cc12)C(OC(C)=O)C1C(C[C@@]2(C(C)=O)C[C@@H]1OB(c1ccccc1)O2)C3OC(C)=O. The number of Topliss-reactive ketones (excluding diaryl/α,β-unsaturated/α-hetero) is 1. The van der Waals surface area contributed by atoms with Crippen molar-refractivity contribution in [3.8, 4) is 5.75 Å². The van der Waals surface area contributed by atoms with E-state index in [4.69, 9.17) is 23.5 Å². The van der Waals surface area contributed by atoms with E-state index in [2.05, 4.69) is 0 Å². The van der Waals surface area contributed by atoms with Gasteiger partial charge in [0.1, 0.15) is 23.6 Å². The van der Waals surface area contributed by atoms with Gasteiger partial charge in [-0.1, -0.05) is 42.5 Å². The van der Waals surface area contributed by atoms with Crippen molar-refractivity contribution >= 4 is 41.1 Å².